The average molecular weight is 784 g/mol. The zero-order chi connectivity index (χ0) is 39.8. The van der Waals surface area contributed by atoms with Gasteiger partial charge in [0.05, 0.1) is 36.2 Å². The second-order valence-electron chi connectivity index (χ2n) is 15.2. The molecule has 1 aliphatic carbocycles. The zero-order valence-electron chi connectivity index (χ0n) is 31.8. The van der Waals surface area contributed by atoms with E-state index in [0.29, 0.717) is 41.1 Å². The van der Waals surface area contributed by atoms with Crippen LogP contribution in [0.25, 0.3) is 21.7 Å². The number of hydrogen-bond donors (Lipinski definition) is 2. The van der Waals surface area contributed by atoms with Gasteiger partial charge in [-0.1, -0.05) is 12.1 Å². The van der Waals surface area contributed by atoms with Gasteiger partial charge in [0.25, 0.3) is 5.91 Å². The highest BCUT2D eigenvalue weighted by molar-refractivity contribution is 6.10. The summed E-state index contributed by atoms with van der Waals surface area (Å²) in [4.78, 5) is 51.5. The number of halogens is 3. The highest BCUT2D eigenvalue weighted by Crippen LogP contribution is 2.37. The summed E-state index contributed by atoms with van der Waals surface area (Å²) in [5, 5.41) is 12.6. The van der Waals surface area contributed by atoms with E-state index in [1.54, 1.807) is 23.2 Å². The van der Waals surface area contributed by atoms with Gasteiger partial charge in [0.1, 0.15) is 17.1 Å². The molecule has 57 heavy (non-hydrogen) atoms. The first-order valence-electron chi connectivity index (χ1n) is 19.3. The van der Waals surface area contributed by atoms with Crippen molar-refractivity contribution in [3.05, 3.63) is 78.5 Å². The van der Waals surface area contributed by atoms with Crippen molar-refractivity contribution in [1.29, 1.82) is 0 Å². The second kappa shape index (κ2) is 15.6. The number of benzene rings is 2. The van der Waals surface area contributed by atoms with Crippen LogP contribution in [-0.2, 0) is 11.0 Å². The monoisotopic (exact) mass is 783 g/mol. The molecular weight excluding hydrogens is 740 g/mol. The van der Waals surface area contributed by atoms with Crippen molar-refractivity contribution in [1.82, 2.24) is 30.0 Å². The van der Waals surface area contributed by atoms with E-state index < -0.39 is 23.8 Å². The number of aromatic nitrogens is 4. The fraction of sp³-hybridized carbons (Fsp3) is 0.415. The predicted molar refractivity (Wildman–Crippen MR) is 210 cm³/mol. The number of ether oxygens (including phenoxy) is 1. The number of carbonyl (C=O) groups is 3. The molecule has 0 atom stereocenters. The lowest BCUT2D eigenvalue weighted by Gasteiger charge is -2.40. The maximum absolute atomic E-state index is 13.2. The first-order chi connectivity index (χ1) is 27.4. The molecule has 0 spiro atoms. The Hall–Kier alpha value is -5.77. The number of urea groups is 1. The van der Waals surface area contributed by atoms with Gasteiger partial charge >= 0.3 is 12.2 Å². The number of pyridine rings is 2. The lowest BCUT2D eigenvalue weighted by molar-refractivity contribution is -0.141. The standard InChI is InChI=1S/C41H44F3N9O4/c1-50(28-12-15-51(16-13-28)30-10-11-31-26(18-30)21-45-22-35(31)52-17-14-38(54)48-40(52)56)23-25-6-8-29(9-7-25)53-24-27-19-34(36(57-2)20-33(27)49-53)47-39(55)32-4-3-5-37(46-32)41(42,43)44/h3-5,10-11,18-22,24-25,28-29H,6-9,12-17,23H2,1-2H3,(H,47,55)(H,48,54,56)/t25-,29-. The third kappa shape index (κ3) is 8.08. The molecule has 298 valence electrons. The van der Waals surface area contributed by atoms with Crippen LogP contribution in [0.15, 0.2) is 67.1 Å². The van der Waals surface area contributed by atoms with Gasteiger partial charge in [-0.3, -0.25) is 29.5 Å². The minimum Gasteiger partial charge on any atom is -0.494 e. The number of piperidine rings is 1. The van der Waals surface area contributed by atoms with E-state index in [4.69, 9.17) is 9.84 Å². The number of methoxy groups -OCH3 is 1. The quantitative estimate of drug-likeness (QED) is 0.161. The van der Waals surface area contributed by atoms with E-state index in [1.807, 2.05) is 23.1 Å². The number of rotatable bonds is 9. The van der Waals surface area contributed by atoms with E-state index in [2.05, 4.69) is 49.6 Å². The number of alkyl halides is 3. The van der Waals surface area contributed by atoms with E-state index in [-0.39, 0.29) is 24.1 Å². The van der Waals surface area contributed by atoms with Crippen LogP contribution in [0.1, 0.15) is 67.2 Å². The van der Waals surface area contributed by atoms with Crippen molar-refractivity contribution in [2.75, 3.05) is 55.5 Å². The number of imide groups is 1. The molecule has 2 saturated heterocycles. The molecule has 5 aromatic rings. The Balaban J connectivity index is 0.839. The summed E-state index contributed by atoms with van der Waals surface area (Å²) >= 11 is 0. The molecule has 0 unspecified atom stereocenters. The number of amides is 4. The van der Waals surface area contributed by atoms with Crippen LogP contribution < -0.4 is 25.2 Å². The molecule has 3 aliphatic rings. The highest BCUT2D eigenvalue weighted by atomic mass is 19.4. The lowest BCUT2D eigenvalue weighted by atomic mass is 9.85. The van der Waals surface area contributed by atoms with Gasteiger partial charge in [0.2, 0.25) is 5.91 Å². The van der Waals surface area contributed by atoms with Gasteiger partial charge < -0.3 is 19.9 Å². The molecule has 0 bridgehead atoms. The molecule has 4 amide bonds. The first-order valence-corrected chi connectivity index (χ1v) is 19.3. The second-order valence-corrected chi connectivity index (χ2v) is 15.2. The van der Waals surface area contributed by atoms with E-state index >= 15 is 0 Å². The van der Waals surface area contributed by atoms with Crippen LogP contribution in [0, 0.1) is 5.92 Å². The zero-order valence-corrected chi connectivity index (χ0v) is 31.8. The molecule has 3 fully saturated rings. The molecule has 1 saturated carbocycles. The maximum atomic E-state index is 13.2. The summed E-state index contributed by atoms with van der Waals surface area (Å²) in [6.07, 6.45) is 7.33. The molecule has 2 N–H and O–H groups in total. The number of fused-ring (bicyclic) bond motifs is 2. The van der Waals surface area contributed by atoms with Gasteiger partial charge in [-0.2, -0.15) is 18.3 Å². The van der Waals surface area contributed by atoms with Gasteiger partial charge in [-0.05, 0) is 81.8 Å². The SMILES string of the molecule is COc1cc2nn([C@H]3CC[C@H](CN(C)C4CCN(c5ccc6c(N7CCC(=O)NC7=O)cncc6c5)CC4)CC3)cc2cc1NC(=O)c1cccc(C(F)(F)F)n1. The number of anilines is 3. The average Bonchev–Trinajstić information content (AvgIpc) is 3.63. The van der Waals surface area contributed by atoms with E-state index in [0.717, 1.165) is 92.1 Å². The largest absolute Gasteiger partial charge is 0.494 e. The molecule has 16 heteroatoms. The Labute approximate surface area is 327 Å². The first kappa shape index (κ1) is 38.1. The van der Waals surface area contributed by atoms with Crippen LogP contribution in [0.5, 0.6) is 5.75 Å². The highest BCUT2D eigenvalue weighted by Gasteiger charge is 2.33. The van der Waals surface area contributed by atoms with E-state index in [9.17, 15) is 27.6 Å². The van der Waals surface area contributed by atoms with Crippen molar-refractivity contribution in [2.45, 2.75) is 63.2 Å². The molecule has 0 radical (unpaired) electrons. The molecular formula is C41H44F3N9O4. The predicted octanol–water partition coefficient (Wildman–Crippen LogP) is 7.04. The minimum atomic E-state index is -4.66. The molecule has 5 heterocycles. The third-order valence-corrected chi connectivity index (χ3v) is 11.6. The minimum absolute atomic E-state index is 0.231. The maximum Gasteiger partial charge on any atom is 0.433 e. The fourth-order valence-corrected chi connectivity index (χ4v) is 8.50. The third-order valence-electron chi connectivity index (χ3n) is 11.6. The van der Waals surface area contributed by atoms with Gasteiger partial charge in [-0.25, -0.2) is 9.78 Å². The van der Waals surface area contributed by atoms with Crippen molar-refractivity contribution in [2.24, 2.45) is 5.92 Å². The fourth-order valence-electron chi connectivity index (χ4n) is 8.50. The van der Waals surface area contributed by atoms with Crippen LogP contribution >= 0.6 is 0 Å². The summed E-state index contributed by atoms with van der Waals surface area (Å²) in [7, 11) is 3.70. The topological polar surface area (TPSA) is 138 Å². The summed E-state index contributed by atoms with van der Waals surface area (Å²) in [5.74, 6) is -0.103. The molecule has 3 aromatic heterocycles. The molecule has 2 aliphatic heterocycles. The number of carbonyl (C=O) groups excluding carboxylic acids is 3. The Morgan fingerprint density at radius 3 is 2.51 bits per heavy atom. The van der Waals surface area contributed by atoms with Crippen LogP contribution in [-0.4, -0.2) is 88.9 Å². The van der Waals surface area contributed by atoms with Crippen LogP contribution in [0.2, 0.25) is 0 Å². The van der Waals surface area contributed by atoms with Crippen molar-refractivity contribution < 1.29 is 32.3 Å². The van der Waals surface area contributed by atoms with Crippen molar-refractivity contribution >= 4 is 56.6 Å². The Morgan fingerprint density at radius 2 is 1.77 bits per heavy atom. The molecule has 13 nitrogen and oxygen atoms in total. The Morgan fingerprint density at radius 1 is 0.982 bits per heavy atom. The Kier molecular flexibility index (Phi) is 10.5. The number of hydrogen-bond acceptors (Lipinski definition) is 9. The summed E-state index contributed by atoms with van der Waals surface area (Å²) < 4.78 is 47.0. The summed E-state index contributed by atoms with van der Waals surface area (Å²) in [6, 6.07) is 13.3. The molecule has 2 aromatic carbocycles. The summed E-state index contributed by atoms with van der Waals surface area (Å²) in [6.45, 7) is 3.26. The lowest BCUT2D eigenvalue weighted by Crippen LogP contribution is -2.49. The number of nitrogens with zero attached hydrogens (tertiary/aromatic N) is 7. The van der Waals surface area contributed by atoms with Crippen molar-refractivity contribution in [3.8, 4) is 5.75 Å². The summed E-state index contributed by atoms with van der Waals surface area (Å²) in [5.41, 5.74) is 1.37. The smallest absolute Gasteiger partial charge is 0.433 e. The van der Waals surface area contributed by atoms with Crippen LogP contribution in [0.3, 0.4) is 0 Å². The van der Waals surface area contributed by atoms with Crippen LogP contribution in [0.4, 0.5) is 35.0 Å². The normalized spacial score (nSPS) is 19.7. The van der Waals surface area contributed by atoms with Crippen molar-refractivity contribution in [3.63, 3.8) is 0 Å². The van der Waals surface area contributed by atoms with E-state index in [1.165, 1.54) is 13.2 Å². The van der Waals surface area contributed by atoms with Gasteiger partial charge in [-0.15, -0.1) is 0 Å². The van der Waals surface area contributed by atoms with Gasteiger partial charge in [0.15, 0.2) is 0 Å². The number of nitrogens with one attached hydrogen (secondary N) is 2. The molecule has 8 rings (SSSR count). The van der Waals surface area contributed by atoms with Gasteiger partial charge in [0, 0.05) is 78.9 Å². The Bertz CT molecular complexity index is 2320.